The van der Waals surface area contributed by atoms with Gasteiger partial charge < -0.3 is 14.5 Å². The van der Waals surface area contributed by atoms with Gasteiger partial charge in [0.15, 0.2) is 6.54 Å². The molecule has 0 unspecified atom stereocenters. The van der Waals surface area contributed by atoms with Crippen LogP contribution in [0.2, 0.25) is 0 Å². The molecule has 1 aromatic heterocycles. The Labute approximate surface area is 186 Å². The molecule has 0 bridgehead atoms. The van der Waals surface area contributed by atoms with Crippen molar-refractivity contribution in [3.05, 3.63) is 22.4 Å². The number of rotatable bonds is 4. The molecule has 7 heteroatoms. The molecule has 0 atom stereocenters. The van der Waals surface area contributed by atoms with Crippen molar-refractivity contribution in [1.29, 1.82) is 5.26 Å². The molecule has 3 aliphatic rings. The second kappa shape index (κ2) is 8.76. The Balaban J connectivity index is 1.54. The van der Waals surface area contributed by atoms with Crippen LogP contribution < -0.4 is 14.8 Å². The van der Waals surface area contributed by atoms with Gasteiger partial charge in [-0.1, -0.05) is 13.8 Å². The Hall–Kier alpha value is -2.17. The average molecular weight is 428 g/mol. The van der Waals surface area contributed by atoms with Gasteiger partial charge in [-0.05, 0) is 32.3 Å². The number of hydrogen-bond acceptors (Lipinski definition) is 4. The number of amides is 1. The second-order valence-corrected chi connectivity index (χ2v) is 10.2. The van der Waals surface area contributed by atoms with Crippen molar-refractivity contribution < 1.29 is 19.4 Å². The van der Waals surface area contributed by atoms with Crippen molar-refractivity contribution in [3.63, 3.8) is 0 Å². The number of piperazine rings is 1. The molecule has 0 spiro atoms. The summed E-state index contributed by atoms with van der Waals surface area (Å²) < 4.78 is 6.08. The quantitative estimate of drug-likeness (QED) is 0.767. The molecule has 0 aromatic carbocycles. The van der Waals surface area contributed by atoms with Crippen LogP contribution in [0.4, 0.5) is 5.82 Å². The predicted octanol–water partition coefficient (Wildman–Crippen LogP) is 0.674. The maximum atomic E-state index is 12.5. The zero-order valence-corrected chi connectivity index (χ0v) is 19.5. The van der Waals surface area contributed by atoms with Gasteiger partial charge in [0, 0.05) is 31.0 Å². The summed E-state index contributed by atoms with van der Waals surface area (Å²) in [7, 11) is 0. The van der Waals surface area contributed by atoms with Crippen LogP contribution in [0.25, 0.3) is 0 Å². The number of nitrogens with one attached hydrogen (secondary N) is 2. The number of hydrogen-bond donors (Lipinski definition) is 1. The zero-order chi connectivity index (χ0) is 22.2. The topological polar surface area (TPSA) is 75.2 Å². The molecular formula is C24H37N5O2+2. The van der Waals surface area contributed by atoms with Gasteiger partial charge in [0.1, 0.15) is 43.5 Å². The van der Waals surface area contributed by atoms with Crippen molar-refractivity contribution in [2.24, 2.45) is 0 Å². The van der Waals surface area contributed by atoms with E-state index in [0.717, 1.165) is 81.0 Å². The number of aromatic nitrogens is 1. The third-order valence-electron chi connectivity index (χ3n) is 7.03. The fourth-order valence-corrected chi connectivity index (χ4v) is 5.19. The van der Waals surface area contributed by atoms with Crippen molar-refractivity contribution >= 4 is 11.7 Å². The number of aromatic amines is 1. The highest BCUT2D eigenvalue weighted by atomic mass is 16.5. The molecule has 1 aromatic rings. The van der Waals surface area contributed by atoms with Crippen molar-refractivity contribution in [1.82, 2.24) is 4.90 Å². The Morgan fingerprint density at radius 3 is 2.48 bits per heavy atom. The highest BCUT2D eigenvalue weighted by molar-refractivity contribution is 5.77. The van der Waals surface area contributed by atoms with Gasteiger partial charge in [0.05, 0.1) is 12.2 Å². The van der Waals surface area contributed by atoms with Crippen molar-refractivity contribution in [2.75, 3.05) is 50.7 Å². The number of quaternary nitrogens is 1. The monoisotopic (exact) mass is 427 g/mol. The number of ether oxygens (including phenoxy) is 1. The number of anilines is 1. The highest BCUT2D eigenvalue weighted by Gasteiger charge is 2.38. The number of carbonyl (C=O) groups is 1. The van der Waals surface area contributed by atoms with E-state index in [2.05, 4.69) is 43.6 Å². The van der Waals surface area contributed by atoms with Crippen molar-refractivity contribution in [3.8, 4) is 6.07 Å². The number of nitriles is 1. The molecule has 2 fully saturated rings. The third kappa shape index (κ3) is 4.56. The molecule has 168 valence electrons. The molecule has 0 saturated carbocycles. The summed E-state index contributed by atoms with van der Waals surface area (Å²) in [5.41, 5.74) is 4.00. The van der Waals surface area contributed by atoms with E-state index in [1.807, 2.05) is 4.90 Å². The summed E-state index contributed by atoms with van der Waals surface area (Å²) in [6, 6.07) is 2.51. The Morgan fingerprint density at radius 1 is 1.19 bits per heavy atom. The van der Waals surface area contributed by atoms with E-state index in [4.69, 9.17) is 4.74 Å². The highest BCUT2D eigenvalue weighted by Crippen LogP contribution is 2.35. The molecule has 4 rings (SSSR count). The second-order valence-electron chi connectivity index (χ2n) is 10.2. The van der Waals surface area contributed by atoms with Crippen LogP contribution in [0.1, 0.15) is 68.8 Å². The lowest BCUT2D eigenvalue weighted by Gasteiger charge is -2.34. The van der Waals surface area contributed by atoms with Crippen LogP contribution in [-0.4, -0.2) is 62.2 Å². The van der Waals surface area contributed by atoms with Crippen LogP contribution in [0, 0.1) is 11.3 Å². The molecule has 31 heavy (non-hydrogen) atoms. The van der Waals surface area contributed by atoms with E-state index < -0.39 is 0 Å². The Bertz CT molecular complexity index is 875. The van der Waals surface area contributed by atoms with Gasteiger partial charge in [-0.15, -0.1) is 0 Å². The van der Waals surface area contributed by atoms with E-state index in [1.54, 1.807) is 0 Å². The molecule has 1 amide bonds. The minimum Gasteiger partial charge on any atom is -0.370 e. The number of carbonyl (C=O) groups excluding carboxylic acids is 1. The number of nitrogens with zero attached hydrogens (tertiary/aromatic N) is 3. The number of H-pyrrole nitrogens is 1. The Morgan fingerprint density at radius 2 is 1.87 bits per heavy atom. The first-order valence-corrected chi connectivity index (χ1v) is 11.8. The summed E-state index contributed by atoms with van der Waals surface area (Å²) >= 11 is 0. The van der Waals surface area contributed by atoms with E-state index in [-0.39, 0.29) is 5.60 Å². The summed E-state index contributed by atoms with van der Waals surface area (Å²) in [6.45, 7) is 15.1. The van der Waals surface area contributed by atoms with Crippen LogP contribution in [0.5, 0.6) is 0 Å². The van der Waals surface area contributed by atoms with E-state index in [0.29, 0.717) is 25.0 Å². The zero-order valence-electron chi connectivity index (χ0n) is 19.5. The summed E-state index contributed by atoms with van der Waals surface area (Å²) in [5, 5.41) is 10.1. The van der Waals surface area contributed by atoms with Gasteiger partial charge >= 0.3 is 0 Å². The average Bonchev–Trinajstić information content (AvgIpc) is 3.27. The lowest BCUT2D eigenvalue weighted by molar-refractivity contribution is -0.892. The fourth-order valence-electron chi connectivity index (χ4n) is 5.19. The van der Waals surface area contributed by atoms with Crippen LogP contribution in [0.15, 0.2) is 0 Å². The molecule has 0 radical (unpaired) electrons. The predicted molar refractivity (Wildman–Crippen MR) is 118 cm³/mol. The summed E-state index contributed by atoms with van der Waals surface area (Å²) in [5.74, 6) is 1.57. The largest absolute Gasteiger partial charge is 0.370 e. The van der Waals surface area contributed by atoms with E-state index in [1.165, 1.54) is 10.6 Å². The van der Waals surface area contributed by atoms with E-state index in [9.17, 15) is 10.1 Å². The van der Waals surface area contributed by atoms with Gasteiger partial charge in [-0.2, -0.15) is 5.26 Å². The molecule has 2 N–H and O–H groups in total. The molecular weight excluding hydrogens is 390 g/mol. The lowest BCUT2D eigenvalue weighted by Crippen LogP contribution is -3.16. The lowest BCUT2D eigenvalue weighted by atomic mass is 9.86. The molecule has 3 aliphatic heterocycles. The molecule has 7 nitrogen and oxygen atoms in total. The minimum absolute atomic E-state index is 0.260. The SMILES string of the molecule is CC(C)c1[nH+]c(N2CC[NH+](CC(=O)N3CCCC3)CC2)c(C#N)c2c1COC(C)(C)C2. The van der Waals surface area contributed by atoms with Crippen LogP contribution in [-0.2, 0) is 22.6 Å². The van der Waals surface area contributed by atoms with Crippen molar-refractivity contribution in [2.45, 2.75) is 65.1 Å². The number of pyridine rings is 1. The molecule has 0 aliphatic carbocycles. The maximum Gasteiger partial charge on any atom is 0.293 e. The van der Waals surface area contributed by atoms with Crippen LogP contribution in [0.3, 0.4) is 0 Å². The van der Waals surface area contributed by atoms with Crippen LogP contribution >= 0.6 is 0 Å². The Kier molecular flexibility index (Phi) is 6.23. The van der Waals surface area contributed by atoms with Gasteiger partial charge in [-0.3, -0.25) is 4.79 Å². The molecule has 4 heterocycles. The number of likely N-dealkylation sites (tertiary alicyclic amines) is 1. The maximum absolute atomic E-state index is 12.5. The minimum atomic E-state index is -0.260. The fraction of sp³-hybridized carbons (Fsp3) is 0.708. The van der Waals surface area contributed by atoms with E-state index >= 15 is 0 Å². The summed E-state index contributed by atoms with van der Waals surface area (Å²) in [6.07, 6.45) is 3.03. The summed E-state index contributed by atoms with van der Waals surface area (Å²) in [4.78, 5) is 21.8. The standard InChI is InChI=1S/C24H35N5O2/c1-17(2)22-20-16-31-24(3,4)13-18(20)19(14-25)23(26-22)29-11-9-27(10-12-29)15-21(30)28-7-5-6-8-28/h17H,5-13,15-16H2,1-4H3/p+2. The van der Waals surface area contributed by atoms with Gasteiger partial charge in [-0.25, -0.2) is 9.88 Å². The van der Waals surface area contributed by atoms with Gasteiger partial charge in [0.25, 0.3) is 11.7 Å². The smallest absolute Gasteiger partial charge is 0.293 e. The number of fused-ring (bicyclic) bond motifs is 1. The van der Waals surface area contributed by atoms with Gasteiger partial charge in [0.2, 0.25) is 0 Å². The normalized spacial score (nSPS) is 21.3. The first-order valence-electron chi connectivity index (χ1n) is 11.8. The molecule has 2 saturated heterocycles. The third-order valence-corrected chi connectivity index (χ3v) is 7.03. The first-order chi connectivity index (χ1) is 14.8. The first kappa shape index (κ1) is 22.0.